The van der Waals surface area contributed by atoms with Crippen molar-refractivity contribution in [3.63, 3.8) is 0 Å². The first-order chi connectivity index (χ1) is 10.2. The van der Waals surface area contributed by atoms with Crippen LogP contribution >= 0.6 is 11.6 Å². The molecular weight excluding hydrogens is 290 g/mol. The van der Waals surface area contributed by atoms with Crippen LogP contribution in [0.4, 0.5) is 0 Å². The lowest BCUT2D eigenvalue weighted by atomic mass is 9.95. The zero-order valence-corrected chi connectivity index (χ0v) is 12.7. The van der Waals surface area contributed by atoms with E-state index in [4.69, 9.17) is 11.6 Å². The summed E-state index contributed by atoms with van der Waals surface area (Å²) < 4.78 is 2.08. The minimum Gasteiger partial charge on any atom is -0.356 e. The van der Waals surface area contributed by atoms with E-state index in [9.17, 15) is 4.79 Å². The average molecular weight is 308 g/mol. The van der Waals surface area contributed by atoms with Crippen molar-refractivity contribution in [2.75, 3.05) is 13.1 Å². The van der Waals surface area contributed by atoms with Crippen LogP contribution in [-0.4, -0.2) is 43.6 Å². The molecule has 0 saturated carbocycles. The molecule has 112 valence electrons. The van der Waals surface area contributed by atoms with Crippen LogP contribution in [0.3, 0.4) is 0 Å². The first-order valence-corrected chi connectivity index (χ1v) is 7.57. The van der Waals surface area contributed by atoms with Crippen molar-refractivity contribution in [1.82, 2.24) is 24.6 Å². The number of likely N-dealkylation sites (tertiary alicyclic amines) is 1. The molecule has 1 saturated heterocycles. The summed E-state index contributed by atoms with van der Waals surface area (Å²) in [5, 5.41) is 8.77. The minimum atomic E-state index is 0.0114. The standard InChI is InChI=1S/C14H18ClN5O/c1-2-19-9-17-18-13(19)10-3-5-20(6-4-10)14(21)12-7-11(15)8-16-12/h7-10,16H,2-6H2,1H3. The van der Waals surface area contributed by atoms with Crippen molar-refractivity contribution in [2.24, 2.45) is 0 Å². The summed E-state index contributed by atoms with van der Waals surface area (Å²) >= 11 is 5.85. The molecule has 3 rings (SSSR count). The summed E-state index contributed by atoms with van der Waals surface area (Å²) in [6.45, 7) is 4.43. The van der Waals surface area contributed by atoms with Gasteiger partial charge in [-0.3, -0.25) is 4.79 Å². The molecule has 6 nitrogen and oxygen atoms in total. The molecule has 21 heavy (non-hydrogen) atoms. The normalized spacial score (nSPS) is 16.4. The SMILES string of the molecule is CCn1cnnc1C1CCN(C(=O)c2cc(Cl)c[nH]2)CC1. The Balaban J connectivity index is 1.64. The highest BCUT2D eigenvalue weighted by Gasteiger charge is 2.27. The molecule has 1 fully saturated rings. The minimum absolute atomic E-state index is 0.0114. The Hall–Kier alpha value is -1.82. The first kappa shape index (κ1) is 14.1. The van der Waals surface area contributed by atoms with Crippen molar-refractivity contribution in [1.29, 1.82) is 0 Å². The van der Waals surface area contributed by atoms with Gasteiger partial charge in [-0.2, -0.15) is 0 Å². The number of aryl methyl sites for hydroxylation is 1. The fourth-order valence-electron chi connectivity index (χ4n) is 2.83. The van der Waals surface area contributed by atoms with Gasteiger partial charge in [0.15, 0.2) is 0 Å². The largest absolute Gasteiger partial charge is 0.356 e. The Morgan fingerprint density at radius 1 is 1.48 bits per heavy atom. The number of aromatic amines is 1. The highest BCUT2D eigenvalue weighted by atomic mass is 35.5. The van der Waals surface area contributed by atoms with Crippen LogP contribution in [0.25, 0.3) is 0 Å². The zero-order valence-electron chi connectivity index (χ0n) is 11.9. The summed E-state index contributed by atoms with van der Waals surface area (Å²) in [4.78, 5) is 17.1. The molecule has 0 radical (unpaired) electrons. The van der Waals surface area contributed by atoms with Gasteiger partial charge in [-0.25, -0.2) is 0 Å². The second kappa shape index (κ2) is 5.89. The van der Waals surface area contributed by atoms with Crippen molar-refractivity contribution in [2.45, 2.75) is 32.2 Å². The van der Waals surface area contributed by atoms with E-state index in [-0.39, 0.29) is 5.91 Å². The van der Waals surface area contributed by atoms with E-state index < -0.39 is 0 Å². The average Bonchev–Trinajstić information content (AvgIpc) is 3.15. The predicted octanol–water partition coefficient (Wildman–Crippen LogP) is 2.30. The summed E-state index contributed by atoms with van der Waals surface area (Å²) in [5.41, 5.74) is 0.551. The number of hydrogen-bond acceptors (Lipinski definition) is 3. The Kier molecular flexibility index (Phi) is 3.96. The van der Waals surface area contributed by atoms with Crippen LogP contribution in [0.5, 0.6) is 0 Å². The number of amides is 1. The molecule has 2 aromatic heterocycles. The third-order valence-electron chi connectivity index (χ3n) is 4.01. The zero-order chi connectivity index (χ0) is 14.8. The number of carbonyl (C=O) groups is 1. The van der Waals surface area contributed by atoms with Gasteiger partial charge in [0.2, 0.25) is 0 Å². The number of rotatable bonds is 3. The molecule has 2 aromatic rings. The summed E-state index contributed by atoms with van der Waals surface area (Å²) in [7, 11) is 0. The quantitative estimate of drug-likeness (QED) is 0.946. The molecule has 1 amide bonds. The predicted molar refractivity (Wildman–Crippen MR) is 79.4 cm³/mol. The molecule has 0 aromatic carbocycles. The Bertz CT molecular complexity index is 627. The van der Waals surface area contributed by atoms with E-state index in [1.165, 1.54) is 0 Å². The molecule has 1 aliphatic rings. The molecular formula is C14H18ClN5O. The van der Waals surface area contributed by atoms with Crippen molar-refractivity contribution >= 4 is 17.5 Å². The maximum absolute atomic E-state index is 12.3. The number of carbonyl (C=O) groups excluding carboxylic acids is 1. The van der Waals surface area contributed by atoms with Gasteiger partial charge in [-0.05, 0) is 25.8 Å². The number of halogens is 1. The van der Waals surface area contributed by atoms with Crippen LogP contribution in [0.15, 0.2) is 18.6 Å². The number of piperidine rings is 1. The Labute approximate surface area is 128 Å². The number of nitrogens with one attached hydrogen (secondary N) is 1. The topological polar surface area (TPSA) is 66.8 Å². The lowest BCUT2D eigenvalue weighted by Gasteiger charge is -2.31. The Morgan fingerprint density at radius 2 is 2.24 bits per heavy atom. The van der Waals surface area contributed by atoms with Crippen LogP contribution in [-0.2, 0) is 6.54 Å². The van der Waals surface area contributed by atoms with Gasteiger partial charge in [0, 0.05) is 31.7 Å². The molecule has 3 heterocycles. The summed E-state index contributed by atoms with van der Waals surface area (Å²) in [6, 6.07) is 1.67. The lowest BCUT2D eigenvalue weighted by molar-refractivity contribution is 0.0705. The fourth-order valence-corrected chi connectivity index (χ4v) is 2.99. The highest BCUT2D eigenvalue weighted by Crippen LogP contribution is 2.27. The molecule has 0 bridgehead atoms. The van der Waals surface area contributed by atoms with E-state index in [0.717, 1.165) is 38.3 Å². The van der Waals surface area contributed by atoms with Gasteiger partial charge in [0.1, 0.15) is 17.8 Å². The van der Waals surface area contributed by atoms with Gasteiger partial charge in [0.05, 0.1) is 5.02 Å². The second-order valence-corrected chi connectivity index (χ2v) is 5.71. The third kappa shape index (κ3) is 2.81. The second-order valence-electron chi connectivity index (χ2n) is 5.27. The van der Waals surface area contributed by atoms with Crippen LogP contribution in [0, 0.1) is 0 Å². The maximum Gasteiger partial charge on any atom is 0.270 e. The van der Waals surface area contributed by atoms with Gasteiger partial charge >= 0.3 is 0 Å². The number of nitrogens with zero attached hydrogens (tertiary/aromatic N) is 4. The van der Waals surface area contributed by atoms with E-state index in [1.807, 2.05) is 4.90 Å². The molecule has 1 aliphatic heterocycles. The number of hydrogen-bond donors (Lipinski definition) is 1. The molecule has 0 aliphatic carbocycles. The van der Waals surface area contributed by atoms with Gasteiger partial charge in [-0.15, -0.1) is 10.2 Å². The van der Waals surface area contributed by atoms with Crippen LogP contribution in [0.2, 0.25) is 5.02 Å². The maximum atomic E-state index is 12.3. The smallest absolute Gasteiger partial charge is 0.270 e. The fraction of sp³-hybridized carbons (Fsp3) is 0.500. The van der Waals surface area contributed by atoms with E-state index in [0.29, 0.717) is 16.6 Å². The van der Waals surface area contributed by atoms with Crippen molar-refractivity contribution in [3.8, 4) is 0 Å². The molecule has 0 unspecified atom stereocenters. The third-order valence-corrected chi connectivity index (χ3v) is 4.23. The molecule has 0 atom stereocenters. The monoisotopic (exact) mass is 307 g/mol. The van der Waals surface area contributed by atoms with E-state index in [2.05, 4.69) is 26.7 Å². The van der Waals surface area contributed by atoms with Crippen LogP contribution in [0.1, 0.15) is 42.0 Å². The highest BCUT2D eigenvalue weighted by molar-refractivity contribution is 6.30. The lowest BCUT2D eigenvalue weighted by Crippen LogP contribution is -2.38. The molecule has 1 N–H and O–H groups in total. The van der Waals surface area contributed by atoms with Gasteiger partial charge in [0.25, 0.3) is 5.91 Å². The number of aromatic nitrogens is 4. The van der Waals surface area contributed by atoms with Gasteiger partial charge < -0.3 is 14.5 Å². The van der Waals surface area contributed by atoms with Crippen molar-refractivity contribution < 1.29 is 4.79 Å². The summed E-state index contributed by atoms with van der Waals surface area (Å²) in [6.07, 6.45) is 5.23. The summed E-state index contributed by atoms with van der Waals surface area (Å²) in [5.74, 6) is 1.42. The van der Waals surface area contributed by atoms with Gasteiger partial charge in [-0.1, -0.05) is 11.6 Å². The molecule has 0 spiro atoms. The number of H-pyrrole nitrogens is 1. The first-order valence-electron chi connectivity index (χ1n) is 7.20. The Morgan fingerprint density at radius 3 is 2.86 bits per heavy atom. The van der Waals surface area contributed by atoms with Crippen LogP contribution < -0.4 is 0 Å². The van der Waals surface area contributed by atoms with E-state index >= 15 is 0 Å². The molecule has 7 heteroatoms. The van der Waals surface area contributed by atoms with Crippen molar-refractivity contribution in [3.05, 3.63) is 35.1 Å². The van der Waals surface area contributed by atoms with E-state index in [1.54, 1.807) is 18.6 Å².